The molecule has 0 amide bonds. The van der Waals surface area contributed by atoms with Crippen LogP contribution in [-0.4, -0.2) is 30.1 Å². The summed E-state index contributed by atoms with van der Waals surface area (Å²) < 4.78 is 86.6. The third-order valence-electron chi connectivity index (χ3n) is 7.55. The van der Waals surface area contributed by atoms with Gasteiger partial charge in [-0.2, -0.15) is 26.3 Å². The summed E-state index contributed by atoms with van der Waals surface area (Å²) in [6.45, 7) is 1.44. The first-order chi connectivity index (χ1) is 17.6. The third-order valence-corrected chi connectivity index (χ3v) is 7.55. The number of nitrogens with zero attached hydrogens (tertiary/aromatic N) is 1. The van der Waals surface area contributed by atoms with Gasteiger partial charge in [-0.3, -0.25) is 4.90 Å². The molecule has 0 spiro atoms. The number of rotatable bonds is 6. The molecule has 204 valence electrons. The highest BCUT2D eigenvalue weighted by atomic mass is 35.5. The lowest BCUT2D eigenvalue weighted by Gasteiger charge is -2.53. The second-order valence-electron chi connectivity index (χ2n) is 9.85. The molecule has 0 unspecified atom stereocenters. The number of ether oxygens (including phenoxy) is 1. The average molecular weight is 556 g/mol. The molecule has 3 aromatic carbocycles. The normalized spacial score (nSPS) is 23.3. The number of hydrogen-bond acceptors (Lipinski definition) is 2. The molecular weight excluding hydrogens is 528 g/mol. The Balaban J connectivity index is 0.00000336. The molecule has 6 rings (SSSR count). The fourth-order valence-electron chi connectivity index (χ4n) is 5.87. The zero-order valence-corrected chi connectivity index (χ0v) is 21.2. The van der Waals surface area contributed by atoms with Gasteiger partial charge in [0, 0.05) is 12.0 Å². The van der Waals surface area contributed by atoms with Crippen molar-refractivity contribution < 1.29 is 31.1 Å². The summed E-state index contributed by atoms with van der Waals surface area (Å²) in [4.78, 5) is 2.36. The van der Waals surface area contributed by atoms with Crippen molar-refractivity contribution in [3.63, 3.8) is 0 Å². The maximum absolute atomic E-state index is 13.4. The van der Waals surface area contributed by atoms with Crippen LogP contribution in [0.15, 0.2) is 78.9 Å². The molecule has 3 heterocycles. The van der Waals surface area contributed by atoms with Crippen LogP contribution in [0.3, 0.4) is 0 Å². The van der Waals surface area contributed by atoms with Crippen LogP contribution in [0.5, 0.6) is 0 Å². The number of halogens is 7. The molecule has 0 saturated carbocycles. The van der Waals surface area contributed by atoms with E-state index in [1.54, 1.807) is 0 Å². The van der Waals surface area contributed by atoms with Crippen molar-refractivity contribution in [2.45, 2.75) is 49.9 Å². The molecule has 3 aromatic rings. The Hall–Kier alpha value is -2.55. The minimum atomic E-state index is -4.89. The topological polar surface area (TPSA) is 12.5 Å². The predicted octanol–water partition coefficient (Wildman–Crippen LogP) is 7.96. The lowest BCUT2D eigenvalue weighted by atomic mass is 9.72. The van der Waals surface area contributed by atoms with E-state index in [0.717, 1.165) is 49.2 Å². The van der Waals surface area contributed by atoms with Gasteiger partial charge in [0.15, 0.2) is 0 Å². The molecule has 3 saturated heterocycles. The van der Waals surface area contributed by atoms with Crippen LogP contribution in [-0.2, 0) is 23.7 Å². The molecule has 2 atom stereocenters. The van der Waals surface area contributed by atoms with Gasteiger partial charge in [-0.15, -0.1) is 12.4 Å². The predicted molar refractivity (Wildman–Crippen MR) is 135 cm³/mol. The highest BCUT2D eigenvalue weighted by Gasteiger charge is 2.47. The number of piperidine rings is 3. The summed E-state index contributed by atoms with van der Waals surface area (Å²) >= 11 is 0. The van der Waals surface area contributed by atoms with Crippen LogP contribution in [0, 0.1) is 5.92 Å². The quantitative estimate of drug-likeness (QED) is 0.286. The number of fused-ring (bicyclic) bond motifs is 3. The van der Waals surface area contributed by atoms with Crippen LogP contribution in [0.1, 0.15) is 46.6 Å². The summed E-state index contributed by atoms with van der Waals surface area (Å²) in [7, 11) is 0. The van der Waals surface area contributed by atoms with Gasteiger partial charge in [0.2, 0.25) is 0 Å². The van der Waals surface area contributed by atoms with E-state index in [1.165, 1.54) is 0 Å². The Morgan fingerprint density at radius 1 is 0.737 bits per heavy atom. The summed E-state index contributed by atoms with van der Waals surface area (Å²) in [6, 6.07) is 21.6. The van der Waals surface area contributed by atoms with Gasteiger partial charge in [0.1, 0.15) is 0 Å². The van der Waals surface area contributed by atoms with E-state index < -0.39 is 23.5 Å². The van der Waals surface area contributed by atoms with E-state index >= 15 is 0 Å². The summed E-state index contributed by atoms with van der Waals surface area (Å²) in [5.41, 5.74) is -0.583. The Morgan fingerprint density at radius 3 is 1.66 bits per heavy atom. The second kappa shape index (κ2) is 11.3. The van der Waals surface area contributed by atoms with Crippen LogP contribution in [0.2, 0.25) is 0 Å². The van der Waals surface area contributed by atoms with E-state index in [0.29, 0.717) is 0 Å². The van der Waals surface area contributed by atoms with E-state index in [9.17, 15) is 26.3 Å². The molecule has 3 aliphatic heterocycles. The second-order valence-corrected chi connectivity index (χ2v) is 9.85. The molecule has 2 nitrogen and oxygen atoms in total. The molecule has 3 fully saturated rings. The van der Waals surface area contributed by atoms with Gasteiger partial charge in [-0.1, -0.05) is 60.7 Å². The average Bonchev–Trinajstić information content (AvgIpc) is 2.89. The number of benzene rings is 3. The molecule has 0 aromatic heterocycles. The molecule has 9 heteroatoms. The van der Waals surface area contributed by atoms with E-state index in [4.69, 9.17) is 4.74 Å². The first-order valence-corrected chi connectivity index (χ1v) is 12.3. The fourth-order valence-corrected chi connectivity index (χ4v) is 5.87. The standard InChI is InChI=1S/C29H27F6NO.ClH/c30-28(31,32)23-15-19(16-24(17-23)29(33,34)35)18-37-27-22-11-13-36(14-12-22)26(27)25(20-7-3-1-4-8-20)21-9-5-2-6-10-21;/h1-10,15-17,22,25-27H,11-14,18H2;1H/t26-,27+;/m1./s1. The fraction of sp³-hybridized carbons (Fsp3) is 0.379. The van der Waals surface area contributed by atoms with E-state index in [1.807, 2.05) is 36.4 Å². The van der Waals surface area contributed by atoms with Gasteiger partial charge in [0.25, 0.3) is 0 Å². The van der Waals surface area contributed by atoms with Crippen molar-refractivity contribution >= 4 is 12.4 Å². The summed E-state index contributed by atoms with van der Waals surface area (Å²) in [6.07, 6.45) is -8.35. The Morgan fingerprint density at radius 2 is 1.21 bits per heavy atom. The SMILES string of the molecule is Cl.FC(F)(F)c1cc(CO[C@H]2C3CCN(CC3)[C@@H]2C(c2ccccc2)c2ccccc2)cc(C(F)(F)F)c1. The molecule has 0 N–H and O–H groups in total. The summed E-state index contributed by atoms with van der Waals surface area (Å²) in [5, 5.41) is 0. The molecule has 0 radical (unpaired) electrons. The number of alkyl halides is 6. The Kier molecular flexibility index (Phi) is 8.45. The van der Waals surface area contributed by atoms with Crippen LogP contribution < -0.4 is 0 Å². The molecule has 38 heavy (non-hydrogen) atoms. The van der Waals surface area contributed by atoms with Gasteiger partial charge in [-0.25, -0.2) is 0 Å². The van der Waals surface area contributed by atoms with E-state index in [-0.39, 0.29) is 54.6 Å². The van der Waals surface area contributed by atoms with Gasteiger partial charge in [0.05, 0.1) is 23.8 Å². The van der Waals surface area contributed by atoms with Gasteiger partial charge >= 0.3 is 12.4 Å². The van der Waals surface area contributed by atoms with Gasteiger partial charge < -0.3 is 4.74 Å². The summed E-state index contributed by atoms with van der Waals surface area (Å²) in [5.74, 6) is 0.126. The van der Waals surface area contributed by atoms with Crippen LogP contribution >= 0.6 is 12.4 Å². The van der Waals surface area contributed by atoms with Gasteiger partial charge in [-0.05, 0) is 66.7 Å². The highest BCUT2D eigenvalue weighted by molar-refractivity contribution is 5.85. The lowest BCUT2D eigenvalue weighted by Crippen LogP contribution is -2.60. The van der Waals surface area contributed by atoms with Crippen LogP contribution in [0.25, 0.3) is 0 Å². The molecule has 0 aliphatic carbocycles. The largest absolute Gasteiger partial charge is 0.416 e. The monoisotopic (exact) mass is 555 g/mol. The molecular formula is C29H28ClF6NO. The Bertz CT molecular complexity index is 1120. The van der Waals surface area contributed by atoms with Crippen molar-refractivity contribution in [3.05, 3.63) is 107 Å². The maximum Gasteiger partial charge on any atom is 0.416 e. The van der Waals surface area contributed by atoms with Crippen molar-refractivity contribution in [2.75, 3.05) is 13.1 Å². The molecule has 3 aliphatic rings. The first-order valence-electron chi connectivity index (χ1n) is 12.3. The maximum atomic E-state index is 13.4. The van der Waals surface area contributed by atoms with E-state index in [2.05, 4.69) is 29.2 Å². The first kappa shape index (κ1) is 28.5. The van der Waals surface area contributed by atoms with Crippen molar-refractivity contribution in [1.82, 2.24) is 4.90 Å². The van der Waals surface area contributed by atoms with Crippen molar-refractivity contribution in [2.24, 2.45) is 5.92 Å². The molecule has 2 bridgehead atoms. The third kappa shape index (κ3) is 6.03. The van der Waals surface area contributed by atoms with Crippen molar-refractivity contribution in [1.29, 1.82) is 0 Å². The van der Waals surface area contributed by atoms with Crippen LogP contribution in [0.4, 0.5) is 26.3 Å². The smallest absolute Gasteiger partial charge is 0.372 e. The number of hydrogen-bond donors (Lipinski definition) is 0. The Labute approximate surface area is 224 Å². The highest BCUT2D eigenvalue weighted by Crippen LogP contribution is 2.44. The lowest BCUT2D eigenvalue weighted by molar-refractivity contribution is -0.143. The minimum Gasteiger partial charge on any atom is -0.372 e. The minimum absolute atomic E-state index is 0. The zero-order valence-electron chi connectivity index (χ0n) is 20.4. The van der Waals surface area contributed by atoms with Crippen molar-refractivity contribution in [3.8, 4) is 0 Å². The zero-order chi connectivity index (χ0) is 26.2.